The van der Waals surface area contributed by atoms with Crippen molar-refractivity contribution >= 4 is 5.91 Å². The van der Waals surface area contributed by atoms with Gasteiger partial charge < -0.3 is 10.4 Å². The highest BCUT2D eigenvalue weighted by Crippen LogP contribution is 2.18. The number of benzene rings is 2. The second-order valence-electron chi connectivity index (χ2n) is 6.42. The number of aromatic nitrogens is 2. The second kappa shape index (κ2) is 7.97. The molecule has 1 amide bonds. The molecule has 1 heterocycles. The van der Waals surface area contributed by atoms with Gasteiger partial charge in [0.25, 0.3) is 11.5 Å². The van der Waals surface area contributed by atoms with Gasteiger partial charge in [-0.2, -0.15) is 9.78 Å². The SMILES string of the molecule is Cc1ccc(-c2cc(C(=O)NC(C)CO)c(=O)n(-c3ccccc3)n2)cc1. The summed E-state index contributed by atoms with van der Waals surface area (Å²) >= 11 is 0. The predicted molar refractivity (Wildman–Crippen MR) is 104 cm³/mol. The summed E-state index contributed by atoms with van der Waals surface area (Å²) in [5.41, 5.74) is 2.45. The molecule has 0 saturated carbocycles. The number of aryl methyl sites for hydroxylation is 1. The molecule has 3 aromatic rings. The summed E-state index contributed by atoms with van der Waals surface area (Å²) in [5.74, 6) is -0.540. The maximum atomic E-state index is 12.9. The molecule has 1 unspecified atom stereocenters. The predicted octanol–water partition coefficient (Wildman–Crippen LogP) is 2.32. The molecule has 6 heteroatoms. The van der Waals surface area contributed by atoms with Gasteiger partial charge in [0.15, 0.2) is 0 Å². The van der Waals surface area contributed by atoms with Crippen LogP contribution in [-0.4, -0.2) is 33.4 Å². The molecule has 3 rings (SSSR count). The van der Waals surface area contributed by atoms with Crippen molar-refractivity contribution in [3.05, 3.63) is 82.1 Å². The van der Waals surface area contributed by atoms with Crippen LogP contribution in [0.4, 0.5) is 0 Å². The van der Waals surface area contributed by atoms with Crippen LogP contribution in [-0.2, 0) is 0 Å². The number of aliphatic hydroxyl groups is 1. The smallest absolute Gasteiger partial charge is 0.284 e. The minimum absolute atomic E-state index is 0.0234. The molecule has 1 atom stereocenters. The molecule has 6 nitrogen and oxygen atoms in total. The molecule has 2 N–H and O–H groups in total. The van der Waals surface area contributed by atoms with Crippen molar-refractivity contribution in [2.75, 3.05) is 6.61 Å². The Kier molecular flexibility index (Phi) is 5.47. The van der Waals surface area contributed by atoms with E-state index in [4.69, 9.17) is 0 Å². The molecular formula is C21H21N3O3. The number of para-hydroxylation sites is 1. The summed E-state index contributed by atoms with van der Waals surface area (Å²) in [7, 11) is 0. The third-order valence-electron chi connectivity index (χ3n) is 4.16. The summed E-state index contributed by atoms with van der Waals surface area (Å²) < 4.78 is 1.23. The van der Waals surface area contributed by atoms with Gasteiger partial charge in [0.1, 0.15) is 5.56 Å². The lowest BCUT2D eigenvalue weighted by Crippen LogP contribution is -2.39. The van der Waals surface area contributed by atoms with E-state index in [1.165, 1.54) is 10.7 Å². The Morgan fingerprint density at radius 3 is 2.44 bits per heavy atom. The van der Waals surface area contributed by atoms with Gasteiger partial charge in [0.05, 0.1) is 18.0 Å². The number of carbonyl (C=O) groups excluding carboxylic acids is 1. The zero-order valence-corrected chi connectivity index (χ0v) is 15.2. The fraction of sp³-hybridized carbons (Fsp3) is 0.190. The number of rotatable bonds is 5. The Morgan fingerprint density at radius 2 is 1.81 bits per heavy atom. The Labute approximate surface area is 157 Å². The maximum Gasteiger partial charge on any atom is 0.284 e. The van der Waals surface area contributed by atoms with E-state index >= 15 is 0 Å². The summed E-state index contributed by atoms with van der Waals surface area (Å²) in [6.45, 7) is 3.43. The van der Waals surface area contributed by atoms with Crippen LogP contribution in [0.3, 0.4) is 0 Å². The third kappa shape index (κ3) is 4.12. The molecular weight excluding hydrogens is 342 g/mol. The van der Waals surface area contributed by atoms with E-state index in [0.717, 1.165) is 11.1 Å². The average Bonchev–Trinajstić information content (AvgIpc) is 2.69. The third-order valence-corrected chi connectivity index (χ3v) is 4.16. The molecule has 0 bridgehead atoms. The van der Waals surface area contributed by atoms with Gasteiger partial charge >= 0.3 is 0 Å². The fourth-order valence-corrected chi connectivity index (χ4v) is 2.61. The summed E-state index contributed by atoms with van der Waals surface area (Å²) in [6.07, 6.45) is 0. The van der Waals surface area contributed by atoms with E-state index in [2.05, 4.69) is 10.4 Å². The van der Waals surface area contributed by atoms with Gasteiger partial charge in [-0.1, -0.05) is 48.0 Å². The van der Waals surface area contributed by atoms with E-state index in [9.17, 15) is 14.7 Å². The number of amides is 1. The number of hydrogen-bond donors (Lipinski definition) is 2. The largest absolute Gasteiger partial charge is 0.394 e. The average molecular weight is 363 g/mol. The second-order valence-corrected chi connectivity index (χ2v) is 6.42. The van der Waals surface area contributed by atoms with Crippen molar-refractivity contribution in [3.63, 3.8) is 0 Å². The molecule has 138 valence electrons. The molecule has 0 saturated heterocycles. The fourth-order valence-electron chi connectivity index (χ4n) is 2.61. The summed E-state index contributed by atoms with van der Waals surface area (Å²) in [6, 6.07) is 17.7. The Balaban J connectivity index is 2.17. The van der Waals surface area contributed by atoms with Crippen LogP contribution < -0.4 is 10.9 Å². The van der Waals surface area contributed by atoms with E-state index in [1.807, 2.05) is 37.3 Å². The molecule has 1 aromatic heterocycles. The van der Waals surface area contributed by atoms with Crippen LogP contribution in [0.15, 0.2) is 65.5 Å². The first kappa shape index (κ1) is 18.5. The highest BCUT2D eigenvalue weighted by Gasteiger charge is 2.18. The topological polar surface area (TPSA) is 84.2 Å². The zero-order valence-electron chi connectivity index (χ0n) is 15.2. The maximum absolute atomic E-state index is 12.9. The van der Waals surface area contributed by atoms with E-state index in [1.54, 1.807) is 31.2 Å². The van der Waals surface area contributed by atoms with Crippen LogP contribution in [0, 0.1) is 6.92 Å². The van der Waals surface area contributed by atoms with Crippen LogP contribution in [0.5, 0.6) is 0 Å². The van der Waals surface area contributed by atoms with Gasteiger partial charge in [-0.15, -0.1) is 0 Å². The minimum atomic E-state index is -0.540. The van der Waals surface area contributed by atoms with Crippen molar-refractivity contribution in [1.29, 1.82) is 0 Å². The molecule has 0 aliphatic rings. The molecule has 0 fully saturated rings. The van der Waals surface area contributed by atoms with E-state index in [0.29, 0.717) is 11.4 Å². The molecule has 2 aromatic carbocycles. The van der Waals surface area contributed by atoms with Gasteiger partial charge in [-0.3, -0.25) is 9.59 Å². The van der Waals surface area contributed by atoms with Gasteiger partial charge in [-0.25, -0.2) is 0 Å². The van der Waals surface area contributed by atoms with E-state index in [-0.39, 0.29) is 12.2 Å². The van der Waals surface area contributed by atoms with E-state index < -0.39 is 17.5 Å². The normalized spacial score (nSPS) is 11.8. The lowest BCUT2D eigenvalue weighted by molar-refractivity contribution is 0.0920. The van der Waals surface area contributed by atoms with Crippen molar-refractivity contribution in [2.45, 2.75) is 19.9 Å². The number of carbonyl (C=O) groups is 1. The lowest BCUT2D eigenvalue weighted by atomic mass is 10.1. The molecule has 27 heavy (non-hydrogen) atoms. The first-order valence-corrected chi connectivity index (χ1v) is 8.68. The number of nitrogens with zero attached hydrogens (tertiary/aromatic N) is 2. The molecule has 0 radical (unpaired) electrons. The van der Waals surface area contributed by atoms with Crippen molar-refractivity contribution < 1.29 is 9.90 Å². The first-order chi connectivity index (χ1) is 13.0. The lowest BCUT2D eigenvalue weighted by Gasteiger charge is -2.13. The molecule has 0 spiro atoms. The Hall–Kier alpha value is -3.25. The minimum Gasteiger partial charge on any atom is -0.394 e. The Morgan fingerprint density at radius 1 is 1.15 bits per heavy atom. The van der Waals surface area contributed by atoms with Gasteiger partial charge in [0.2, 0.25) is 0 Å². The van der Waals surface area contributed by atoms with Gasteiger partial charge in [-0.05, 0) is 32.0 Å². The monoisotopic (exact) mass is 363 g/mol. The zero-order chi connectivity index (χ0) is 19.4. The first-order valence-electron chi connectivity index (χ1n) is 8.68. The molecule has 0 aliphatic carbocycles. The number of hydrogen-bond acceptors (Lipinski definition) is 4. The van der Waals surface area contributed by atoms with Crippen LogP contribution in [0.25, 0.3) is 16.9 Å². The van der Waals surface area contributed by atoms with Crippen LogP contribution in [0.1, 0.15) is 22.8 Å². The number of nitrogens with one attached hydrogen (secondary N) is 1. The van der Waals surface area contributed by atoms with Crippen molar-refractivity contribution in [3.8, 4) is 16.9 Å². The van der Waals surface area contributed by atoms with Crippen molar-refractivity contribution in [2.24, 2.45) is 0 Å². The Bertz CT molecular complexity index is 995. The summed E-state index contributed by atoms with van der Waals surface area (Å²) in [5, 5.41) is 16.3. The highest BCUT2D eigenvalue weighted by atomic mass is 16.3. The standard InChI is InChI=1S/C21H21N3O3/c1-14-8-10-16(11-9-14)19-12-18(20(26)22-15(2)13-25)21(27)24(23-19)17-6-4-3-5-7-17/h3-12,15,25H,13H2,1-2H3,(H,22,26). The number of aliphatic hydroxyl groups excluding tert-OH is 1. The molecule has 0 aliphatic heterocycles. The van der Waals surface area contributed by atoms with Crippen LogP contribution >= 0.6 is 0 Å². The summed E-state index contributed by atoms with van der Waals surface area (Å²) in [4.78, 5) is 25.5. The van der Waals surface area contributed by atoms with Gasteiger partial charge in [0, 0.05) is 11.6 Å². The van der Waals surface area contributed by atoms with Crippen molar-refractivity contribution in [1.82, 2.24) is 15.1 Å². The highest BCUT2D eigenvalue weighted by molar-refractivity contribution is 5.95. The quantitative estimate of drug-likeness (QED) is 0.729. The van der Waals surface area contributed by atoms with Crippen LogP contribution in [0.2, 0.25) is 0 Å².